The van der Waals surface area contributed by atoms with Gasteiger partial charge in [0.25, 0.3) is 5.56 Å². The zero-order valence-corrected chi connectivity index (χ0v) is 11.0. The molecule has 8 heteroatoms. The van der Waals surface area contributed by atoms with Crippen molar-refractivity contribution >= 4 is 17.0 Å². The van der Waals surface area contributed by atoms with Crippen molar-refractivity contribution in [3.63, 3.8) is 0 Å². The average molecular weight is 273 g/mol. The monoisotopic (exact) mass is 273 g/mol. The number of rotatable bonds is 5. The molecule has 0 saturated carbocycles. The van der Waals surface area contributed by atoms with Crippen LogP contribution >= 0.6 is 0 Å². The summed E-state index contributed by atoms with van der Waals surface area (Å²) in [6.45, 7) is 3.58. The fourth-order valence-electron chi connectivity index (χ4n) is 1.99. The summed E-state index contributed by atoms with van der Waals surface area (Å²) in [4.78, 5) is 18.7. The molecule has 0 bridgehead atoms. The molecule has 0 aliphatic carbocycles. The lowest BCUT2D eigenvalue weighted by molar-refractivity contribution is 0.467. The van der Waals surface area contributed by atoms with Crippen molar-refractivity contribution in [2.45, 2.75) is 13.5 Å². The van der Waals surface area contributed by atoms with Gasteiger partial charge in [0.1, 0.15) is 5.39 Å². The predicted octanol–water partition coefficient (Wildman–Crippen LogP) is 0.591. The summed E-state index contributed by atoms with van der Waals surface area (Å²) in [5, 5.41) is 14.2. The molecule has 0 spiro atoms. The van der Waals surface area contributed by atoms with Crippen molar-refractivity contribution in [3.05, 3.63) is 35.0 Å². The average Bonchev–Trinajstić information content (AvgIpc) is 3.07. The molecule has 1 atom stereocenters. The van der Waals surface area contributed by atoms with E-state index in [0.717, 1.165) is 6.54 Å². The highest BCUT2D eigenvalue weighted by Crippen LogP contribution is 2.06. The van der Waals surface area contributed by atoms with Gasteiger partial charge in [0.15, 0.2) is 5.65 Å². The topological polar surface area (TPSA) is 104 Å². The first-order chi connectivity index (χ1) is 9.72. The van der Waals surface area contributed by atoms with Crippen molar-refractivity contribution in [2.75, 3.05) is 11.9 Å². The van der Waals surface area contributed by atoms with E-state index in [4.69, 9.17) is 0 Å². The van der Waals surface area contributed by atoms with Crippen LogP contribution in [0.3, 0.4) is 0 Å². The van der Waals surface area contributed by atoms with E-state index >= 15 is 0 Å². The van der Waals surface area contributed by atoms with Crippen molar-refractivity contribution in [1.29, 1.82) is 0 Å². The second-order valence-corrected chi connectivity index (χ2v) is 4.76. The number of anilines is 1. The van der Waals surface area contributed by atoms with Crippen LogP contribution < -0.4 is 10.9 Å². The number of nitrogens with one attached hydrogen (secondary N) is 3. The van der Waals surface area contributed by atoms with Crippen LogP contribution in [0.2, 0.25) is 0 Å². The maximum Gasteiger partial charge on any atom is 0.263 e. The Balaban J connectivity index is 1.66. The molecule has 1 unspecified atom stereocenters. The molecule has 0 aliphatic rings. The Morgan fingerprint density at radius 2 is 2.40 bits per heavy atom. The Hall–Kier alpha value is -2.64. The maximum atomic E-state index is 11.8. The molecule has 0 aliphatic heterocycles. The Bertz CT molecular complexity index is 743. The molecule has 3 rings (SSSR count). The standard InChI is InChI=1S/C12H15N7O/c1-8(7-19-4-2-3-15-19)5-13-12-16-10-9(6-14-18-10)11(20)17-12/h2-4,6,8H,5,7H2,1H3,(H3,13,14,16,17,18,20). The first kappa shape index (κ1) is 12.4. The quantitative estimate of drug-likeness (QED) is 0.631. The summed E-state index contributed by atoms with van der Waals surface area (Å²) < 4.78 is 1.88. The van der Waals surface area contributed by atoms with Crippen LogP contribution in [-0.2, 0) is 6.54 Å². The summed E-state index contributed by atoms with van der Waals surface area (Å²) >= 11 is 0. The van der Waals surface area contributed by atoms with Crippen LogP contribution in [0.4, 0.5) is 5.95 Å². The minimum atomic E-state index is -0.203. The zero-order chi connectivity index (χ0) is 13.9. The Labute approximate surface area is 114 Å². The Kier molecular flexibility index (Phi) is 3.20. The van der Waals surface area contributed by atoms with E-state index < -0.39 is 0 Å². The lowest BCUT2D eigenvalue weighted by atomic mass is 10.2. The van der Waals surface area contributed by atoms with Crippen LogP contribution in [0.25, 0.3) is 11.0 Å². The van der Waals surface area contributed by atoms with Crippen LogP contribution in [0.5, 0.6) is 0 Å². The molecule has 0 saturated heterocycles. The lowest BCUT2D eigenvalue weighted by Crippen LogP contribution is -2.20. The largest absolute Gasteiger partial charge is 0.355 e. The minimum Gasteiger partial charge on any atom is -0.355 e. The van der Waals surface area contributed by atoms with Gasteiger partial charge in [-0.15, -0.1) is 0 Å². The first-order valence-corrected chi connectivity index (χ1v) is 6.37. The second-order valence-electron chi connectivity index (χ2n) is 4.76. The number of fused-ring (bicyclic) bond motifs is 1. The van der Waals surface area contributed by atoms with E-state index in [1.54, 1.807) is 6.20 Å². The van der Waals surface area contributed by atoms with Gasteiger partial charge >= 0.3 is 0 Å². The van der Waals surface area contributed by atoms with Crippen LogP contribution in [0.1, 0.15) is 6.92 Å². The number of hydrogen-bond donors (Lipinski definition) is 3. The molecular weight excluding hydrogens is 258 g/mol. The number of aromatic amines is 2. The van der Waals surface area contributed by atoms with Gasteiger partial charge in [-0.05, 0) is 12.0 Å². The summed E-state index contributed by atoms with van der Waals surface area (Å²) in [5.74, 6) is 0.789. The van der Waals surface area contributed by atoms with Crippen molar-refractivity contribution in [1.82, 2.24) is 29.9 Å². The fourth-order valence-corrected chi connectivity index (χ4v) is 1.99. The summed E-state index contributed by atoms with van der Waals surface area (Å²) in [6.07, 6.45) is 5.14. The van der Waals surface area contributed by atoms with Crippen LogP contribution in [0.15, 0.2) is 29.5 Å². The molecule has 0 radical (unpaired) electrons. The highest BCUT2D eigenvalue weighted by Gasteiger charge is 2.07. The minimum absolute atomic E-state index is 0.203. The molecule has 3 aromatic heterocycles. The fraction of sp³-hybridized carbons (Fsp3) is 0.333. The highest BCUT2D eigenvalue weighted by atomic mass is 16.1. The highest BCUT2D eigenvalue weighted by molar-refractivity contribution is 5.73. The number of hydrogen-bond acceptors (Lipinski definition) is 5. The van der Waals surface area contributed by atoms with E-state index in [0.29, 0.717) is 29.4 Å². The third kappa shape index (κ3) is 2.53. The first-order valence-electron chi connectivity index (χ1n) is 6.37. The lowest BCUT2D eigenvalue weighted by Gasteiger charge is -2.12. The normalized spacial score (nSPS) is 12.7. The number of H-pyrrole nitrogens is 2. The number of aromatic nitrogens is 6. The van der Waals surface area contributed by atoms with Gasteiger partial charge in [-0.1, -0.05) is 6.92 Å². The van der Waals surface area contributed by atoms with E-state index in [1.165, 1.54) is 6.20 Å². The molecule has 20 heavy (non-hydrogen) atoms. The predicted molar refractivity (Wildman–Crippen MR) is 74.4 cm³/mol. The summed E-state index contributed by atoms with van der Waals surface area (Å²) in [6, 6.07) is 1.89. The molecule has 8 nitrogen and oxygen atoms in total. The summed E-state index contributed by atoms with van der Waals surface area (Å²) in [5.41, 5.74) is 0.280. The molecule has 104 valence electrons. The number of nitrogens with zero attached hydrogens (tertiary/aromatic N) is 4. The van der Waals surface area contributed by atoms with Crippen LogP contribution in [0, 0.1) is 5.92 Å². The molecule has 0 amide bonds. The second kappa shape index (κ2) is 5.16. The van der Waals surface area contributed by atoms with E-state index in [1.807, 2.05) is 16.9 Å². The third-order valence-corrected chi connectivity index (χ3v) is 3.00. The van der Waals surface area contributed by atoms with Gasteiger partial charge < -0.3 is 5.32 Å². The Morgan fingerprint density at radius 1 is 1.50 bits per heavy atom. The van der Waals surface area contributed by atoms with Crippen molar-refractivity contribution in [2.24, 2.45) is 5.92 Å². The zero-order valence-electron chi connectivity index (χ0n) is 11.0. The molecule has 0 aromatic carbocycles. The smallest absolute Gasteiger partial charge is 0.263 e. The molecule has 0 fully saturated rings. The molecule has 3 aromatic rings. The van der Waals surface area contributed by atoms with E-state index in [2.05, 4.69) is 37.5 Å². The third-order valence-electron chi connectivity index (χ3n) is 3.00. The van der Waals surface area contributed by atoms with E-state index in [9.17, 15) is 4.79 Å². The maximum absolute atomic E-state index is 11.8. The van der Waals surface area contributed by atoms with Gasteiger partial charge in [0.2, 0.25) is 5.95 Å². The van der Waals surface area contributed by atoms with Gasteiger partial charge in [-0.3, -0.25) is 19.6 Å². The van der Waals surface area contributed by atoms with Crippen molar-refractivity contribution < 1.29 is 0 Å². The SMILES string of the molecule is CC(CNc1nc2[nH]ncc2c(=O)[nH]1)Cn1cccn1. The van der Waals surface area contributed by atoms with Crippen molar-refractivity contribution in [3.8, 4) is 0 Å². The van der Waals surface area contributed by atoms with Gasteiger partial charge in [0, 0.05) is 25.5 Å². The van der Waals surface area contributed by atoms with E-state index in [-0.39, 0.29) is 5.56 Å². The molecule has 3 N–H and O–H groups in total. The van der Waals surface area contributed by atoms with Gasteiger partial charge in [-0.25, -0.2) is 0 Å². The van der Waals surface area contributed by atoms with Gasteiger partial charge in [0.05, 0.1) is 6.20 Å². The Morgan fingerprint density at radius 3 is 3.20 bits per heavy atom. The molecule has 3 heterocycles. The van der Waals surface area contributed by atoms with Gasteiger partial charge in [-0.2, -0.15) is 15.2 Å². The summed E-state index contributed by atoms with van der Waals surface area (Å²) in [7, 11) is 0. The molecular formula is C12H15N7O. The van der Waals surface area contributed by atoms with Crippen LogP contribution in [-0.4, -0.2) is 36.5 Å².